The van der Waals surface area contributed by atoms with E-state index in [2.05, 4.69) is 20.4 Å². The lowest BCUT2D eigenvalue weighted by Crippen LogP contribution is -2.71. The van der Waals surface area contributed by atoms with Crippen LogP contribution in [0.3, 0.4) is 0 Å². The minimum absolute atomic E-state index is 0.0628. The molecule has 5 heterocycles. The third-order valence-electron chi connectivity index (χ3n) is 5.60. The molecule has 0 spiro atoms. The van der Waals surface area contributed by atoms with Crippen LogP contribution in [0.5, 0.6) is 0 Å². The summed E-state index contributed by atoms with van der Waals surface area (Å²) in [6.07, 6.45) is 3.63. The zero-order valence-corrected chi connectivity index (χ0v) is 20.7. The molecule has 1 fully saturated rings. The van der Waals surface area contributed by atoms with Crippen LogP contribution in [-0.4, -0.2) is 60.7 Å². The number of fused-ring (bicyclic) bond motifs is 1. The number of carbonyl (C=O) groups excluding carboxylic acids is 3. The summed E-state index contributed by atoms with van der Waals surface area (Å²) in [4.78, 5) is 46.9. The fraction of sp³-hybridized carbons (Fsp3) is 0.190. The lowest BCUT2D eigenvalue weighted by atomic mass is 10.0. The standard InChI is InChI=1S/C21H17N7O5S3/c22-21-24-13(8-36-21)14(26-33)17(29)25-15-18(30)28-16(20(31)32)11(6-35-19(15)28)5-27-3-1-10(2-4-27)12-7-34-9-23-12/h1-4,7-9,15,19H,5-6H2,(H4-,22,24,25,29,31,32,33)/t15-,19-/m1/s1. The van der Waals surface area contributed by atoms with Crippen molar-refractivity contribution in [2.24, 2.45) is 5.16 Å². The molecule has 2 amide bonds. The maximum atomic E-state index is 12.9. The number of nitrogens with one attached hydrogen (secondary N) is 1. The number of carboxylic acids is 1. The van der Waals surface area contributed by atoms with Crippen molar-refractivity contribution in [2.75, 3.05) is 11.5 Å². The quantitative estimate of drug-likeness (QED) is 0.116. The first-order valence-electron chi connectivity index (χ1n) is 10.4. The molecule has 184 valence electrons. The number of amides is 2. The Morgan fingerprint density at radius 3 is 2.72 bits per heavy atom. The fourth-order valence-corrected chi connectivity index (χ4v) is 6.37. The Morgan fingerprint density at radius 1 is 1.33 bits per heavy atom. The summed E-state index contributed by atoms with van der Waals surface area (Å²) in [6.45, 7) is 0.244. The maximum Gasteiger partial charge on any atom is 0.276 e. The molecule has 0 aromatic carbocycles. The zero-order chi connectivity index (χ0) is 25.4. The molecular formula is C21H17N7O5S3. The molecule has 3 aromatic rings. The number of carboxylic acid groups (broad SMARTS) is 1. The zero-order valence-electron chi connectivity index (χ0n) is 18.2. The van der Waals surface area contributed by atoms with Gasteiger partial charge in [0.1, 0.15) is 17.1 Å². The summed E-state index contributed by atoms with van der Waals surface area (Å²) in [5.74, 6) is -2.59. The van der Waals surface area contributed by atoms with Crippen LogP contribution in [0.15, 0.2) is 57.2 Å². The van der Waals surface area contributed by atoms with Gasteiger partial charge in [0, 0.05) is 39.8 Å². The number of thiazole rings is 2. The summed E-state index contributed by atoms with van der Waals surface area (Å²) in [5, 5.41) is 29.7. The molecule has 1 saturated heterocycles. The topological polar surface area (TPSA) is 178 Å². The Kier molecular flexibility index (Phi) is 6.42. The minimum atomic E-state index is -1.47. The Balaban J connectivity index is 1.32. The molecule has 0 aliphatic carbocycles. The third kappa shape index (κ3) is 4.31. The number of thioether (sulfide) groups is 1. The Morgan fingerprint density at radius 2 is 2.11 bits per heavy atom. The highest BCUT2D eigenvalue weighted by Crippen LogP contribution is 2.40. The van der Waals surface area contributed by atoms with E-state index in [0.29, 0.717) is 11.3 Å². The van der Waals surface area contributed by atoms with Crippen molar-refractivity contribution >= 4 is 63.1 Å². The van der Waals surface area contributed by atoms with E-state index in [1.54, 1.807) is 5.51 Å². The predicted octanol–water partition coefficient (Wildman–Crippen LogP) is -0.581. The second-order valence-corrected chi connectivity index (χ2v) is 10.5. The van der Waals surface area contributed by atoms with Gasteiger partial charge in [0.15, 0.2) is 29.8 Å². The number of nitrogen functional groups attached to an aromatic ring is 1. The van der Waals surface area contributed by atoms with E-state index in [-0.39, 0.29) is 23.1 Å². The van der Waals surface area contributed by atoms with Crippen molar-refractivity contribution in [3.05, 3.63) is 57.8 Å². The molecular weight excluding hydrogens is 526 g/mol. The second kappa shape index (κ2) is 9.67. The Labute approximate surface area is 215 Å². The van der Waals surface area contributed by atoms with Crippen LogP contribution in [0.25, 0.3) is 11.3 Å². The van der Waals surface area contributed by atoms with Crippen LogP contribution in [0.4, 0.5) is 5.13 Å². The highest BCUT2D eigenvalue weighted by Gasteiger charge is 2.53. The second-order valence-electron chi connectivity index (χ2n) is 7.75. The van der Waals surface area contributed by atoms with Crippen molar-refractivity contribution < 1.29 is 29.3 Å². The Hall–Kier alpha value is -3.82. The molecule has 3 aromatic heterocycles. The van der Waals surface area contributed by atoms with Gasteiger partial charge in [-0.2, -0.15) is 0 Å². The van der Waals surface area contributed by atoms with E-state index in [1.807, 2.05) is 34.5 Å². The number of rotatable bonds is 7. The number of hydrogen-bond donors (Lipinski definition) is 3. The first kappa shape index (κ1) is 23.9. The summed E-state index contributed by atoms with van der Waals surface area (Å²) in [7, 11) is 0. The highest BCUT2D eigenvalue weighted by molar-refractivity contribution is 8.00. The van der Waals surface area contributed by atoms with Crippen LogP contribution < -0.4 is 20.7 Å². The summed E-state index contributed by atoms with van der Waals surface area (Å²) in [5.41, 5.74) is 9.07. The van der Waals surface area contributed by atoms with E-state index in [0.717, 1.165) is 27.5 Å². The minimum Gasteiger partial charge on any atom is -0.543 e. The van der Waals surface area contributed by atoms with E-state index < -0.39 is 34.9 Å². The molecule has 5 rings (SSSR count). The molecule has 2 atom stereocenters. The number of anilines is 1. The van der Waals surface area contributed by atoms with Gasteiger partial charge in [0.25, 0.3) is 11.8 Å². The summed E-state index contributed by atoms with van der Waals surface area (Å²) in [6, 6.07) is 2.75. The smallest absolute Gasteiger partial charge is 0.276 e. The van der Waals surface area contributed by atoms with E-state index in [1.165, 1.54) is 28.5 Å². The number of carbonyl (C=O) groups is 3. The largest absolute Gasteiger partial charge is 0.543 e. The lowest BCUT2D eigenvalue weighted by molar-refractivity contribution is -0.689. The number of hydrogen-bond acceptors (Lipinski definition) is 12. The van der Waals surface area contributed by atoms with Gasteiger partial charge in [-0.15, -0.1) is 34.4 Å². The number of β-lactam (4-membered cyclic amide) rings is 1. The number of aromatic nitrogens is 3. The molecule has 36 heavy (non-hydrogen) atoms. The van der Waals surface area contributed by atoms with Gasteiger partial charge < -0.3 is 26.2 Å². The van der Waals surface area contributed by atoms with Gasteiger partial charge >= 0.3 is 0 Å². The molecule has 4 N–H and O–H groups in total. The van der Waals surface area contributed by atoms with Crippen LogP contribution >= 0.6 is 34.4 Å². The normalized spacial score (nSPS) is 19.6. The van der Waals surface area contributed by atoms with Gasteiger partial charge in [-0.25, -0.2) is 14.5 Å². The van der Waals surface area contributed by atoms with Gasteiger partial charge in [-0.1, -0.05) is 5.16 Å². The van der Waals surface area contributed by atoms with Crippen LogP contribution in [0.2, 0.25) is 0 Å². The van der Waals surface area contributed by atoms with Gasteiger partial charge in [0.05, 0.1) is 22.9 Å². The highest BCUT2D eigenvalue weighted by atomic mass is 32.2. The fourth-order valence-electron chi connectivity index (χ4n) is 3.92. The van der Waals surface area contributed by atoms with Crippen molar-refractivity contribution in [3.63, 3.8) is 0 Å². The van der Waals surface area contributed by atoms with Crippen molar-refractivity contribution in [2.45, 2.75) is 18.0 Å². The number of aliphatic carboxylic acids is 1. The summed E-state index contributed by atoms with van der Waals surface area (Å²) >= 11 is 3.87. The van der Waals surface area contributed by atoms with Gasteiger partial charge in [-0.3, -0.25) is 14.5 Å². The van der Waals surface area contributed by atoms with Gasteiger partial charge in [-0.05, 0) is 0 Å². The molecule has 15 heteroatoms. The van der Waals surface area contributed by atoms with E-state index in [4.69, 9.17) is 5.73 Å². The predicted molar refractivity (Wildman–Crippen MR) is 130 cm³/mol. The van der Waals surface area contributed by atoms with Crippen LogP contribution in [0.1, 0.15) is 5.69 Å². The first-order valence-corrected chi connectivity index (χ1v) is 13.2. The number of nitrogens with two attached hydrogens (primary N) is 1. The molecule has 0 unspecified atom stereocenters. The summed E-state index contributed by atoms with van der Waals surface area (Å²) < 4.78 is 1.81. The van der Waals surface area contributed by atoms with Gasteiger partial charge in [0.2, 0.25) is 0 Å². The number of oxime groups is 1. The first-order chi connectivity index (χ1) is 17.4. The monoisotopic (exact) mass is 543 g/mol. The molecule has 12 nitrogen and oxygen atoms in total. The molecule has 2 aliphatic rings. The molecule has 2 aliphatic heterocycles. The van der Waals surface area contributed by atoms with E-state index in [9.17, 15) is 24.7 Å². The molecule has 0 bridgehead atoms. The average Bonchev–Trinajstić information content (AvgIpc) is 3.55. The average molecular weight is 544 g/mol. The van der Waals surface area contributed by atoms with Crippen molar-refractivity contribution in [3.8, 4) is 11.3 Å². The van der Waals surface area contributed by atoms with Crippen LogP contribution in [-0.2, 0) is 20.9 Å². The molecule has 0 radical (unpaired) electrons. The number of nitrogens with zero attached hydrogens (tertiary/aromatic N) is 5. The maximum absolute atomic E-state index is 12.9. The van der Waals surface area contributed by atoms with Crippen molar-refractivity contribution in [1.29, 1.82) is 0 Å². The van der Waals surface area contributed by atoms with Crippen LogP contribution in [0, 0.1) is 0 Å². The third-order valence-corrected chi connectivity index (χ3v) is 8.20. The number of pyridine rings is 1. The van der Waals surface area contributed by atoms with Crippen molar-refractivity contribution in [1.82, 2.24) is 20.2 Å². The lowest BCUT2D eigenvalue weighted by Gasteiger charge is -2.50. The van der Waals surface area contributed by atoms with E-state index >= 15 is 0 Å². The SMILES string of the molecule is Nc1nc(/C(=N/O)C(=O)N[C@@H]2C(=O)N3C(C(=O)[O-])=C(C[n+]4ccc(-c5cscn5)cc4)CS[C@H]23)cs1. The molecule has 0 saturated carbocycles. The Bertz CT molecular complexity index is 1400.